The van der Waals surface area contributed by atoms with Gasteiger partial charge in [0, 0.05) is 19.7 Å². The van der Waals surface area contributed by atoms with Gasteiger partial charge in [0.25, 0.3) is 0 Å². The van der Waals surface area contributed by atoms with E-state index in [1.165, 1.54) is 0 Å². The van der Waals surface area contributed by atoms with Crippen LogP contribution in [0, 0.1) is 0 Å². The smallest absolute Gasteiger partial charge is 0.142 e. The van der Waals surface area contributed by atoms with Gasteiger partial charge in [0.1, 0.15) is 23.9 Å². The van der Waals surface area contributed by atoms with Crippen molar-refractivity contribution in [1.82, 2.24) is 15.0 Å². The maximum atomic E-state index is 10.1. The Morgan fingerprint density at radius 1 is 1.32 bits per heavy atom. The molecule has 0 spiro atoms. The molecular formula is C13H21N5O. The molecule has 1 aliphatic heterocycles. The van der Waals surface area contributed by atoms with E-state index in [0.29, 0.717) is 0 Å². The van der Waals surface area contributed by atoms with Crippen LogP contribution in [0.3, 0.4) is 0 Å². The minimum atomic E-state index is -0.274. The molecular weight excluding hydrogens is 242 g/mol. The summed E-state index contributed by atoms with van der Waals surface area (Å²) in [5.41, 5.74) is 0.764. The van der Waals surface area contributed by atoms with Gasteiger partial charge in [-0.25, -0.2) is 5.01 Å². The number of phenolic OH excluding ortho intramolecular Hbond substituents is 1. The zero-order valence-corrected chi connectivity index (χ0v) is 11.8. The Morgan fingerprint density at radius 2 is 1.95 bits per heavy atom. The summed E-state index contributed by atoms with van der Waals surface area (Å²) in [5, 5.41) is 15.6. The summed E-state index contributed by atoms with van der Waals surface area (Å²) >= 11 is 0. The second kappa shape index (κ2) is 5.16. The zero-order valence-electron chi connectivity index (χ0n) is 11.8. The van der Waals surface area contributed by atoms with Crippen molar-refractivity contribution in [2.75, 3.05) is 14.1 Å². The molecule has 19 heavy (non-hydrogen) atoms. The molecule has 104 valence electrons. The largest absolute Gasteiger partial charge is 0.508 e. The summed E-state index contributed by atoms with van der Waals surface area (Å²) in [6, 6.07) is 7.24. The van der Waals surface area contributed by atoms with Crippen LogP contribution in [0.25, 0.3) is 0 Å². The van der Waals surface area contributed by atoms with Gasteiger partial charge in [-0.2, -0.15) is 5.01 Å². The molecule has 1 heterocycles. The van der Waals surface area contributed by atoms with Crippen molar-refractivity contribution in [2.45, 2.75) is 26.2 Å². The summed E-state index contributed by atoms with van der Waals surface area (Å²) < 4.78 is 0. The number of nitrogens with zero attached hydrogens (tertiary/aromatic N) is 4. The number of hydrogen-bond acceptors (Lipinski definition) is 6. The number of aromatic hydroxyl groups is 1. The van der Waals surface area contributed by atoms with Crippen LogP contribution < -0.4 is 5.84 Å². The molecule has 0 bridgehead atoms. The number of rotatable bonds is 2. The number of hydrazine groups is 2. The molecule has 3 N–H and O–H groups in total. The summed E-state index contributed by atoms with van der Waals surface area (Å²) in [5.74, 6) is 7.26. The first-order valence-corrected chi connectivity index (χ1v) is 6.25. The van der Waals surface area contributed by atoms with Crippen molar-refractivity contribution >= 4 is 5.84 Å². The molecule has 2 atom stereocenters. The normalized spacial score (nSPS) is 24.7. The molecule has 2 rings (SSSR count). The third-order valence-corrected chi connectivity index (χ3v) is 3.30. The number of benzene rings is 1. The van der Waals surface area contributed by atoms with E-state index in [9.17, 15) is 5.11 Å². The van der Waals surface area contributed by atoms with Crippen LogP contribution in [0.1, 0.15) is 25.6 Å². The van der Waals surface area contributed by atoms with Gasteiger partial charge in [-0.05, 0) is 19.9 Å². The lowest BCUT2D eigenvalue weighted by atomic mass is 10.1. The van der Waals surface area contributed by atoms with Crippen LogP contribution in [0.4, 0.5) is 0 Å². The predicted octanol–water partition coefficient (Wildman–Crippen LogP) is 1.12. The molecule has 0 amide bonds. The van der Waals surface area contributed by atoms with Gasteiger partial charge < -0.3 is 5.11 Å². The Balaban J connectivity index is 2.51. The highest BCUT2D eigenvalue weighted by atomic mass is 16.3. The third-order valence-electron chi connectivity index (χ3n) is 3.30. The van der Waals surface area contributed by atoms with Gasteiger partial charge in [0.05, 0.1) is 0 Å². The monoisotopic (exact) mass is 263 g/mol. The van der Waals surface area contributed by atoms with E-state index in [1.54, 1.807) is 17.1 Å². The summed E-state index contributed by atoms with van der Waals surface area (Å²) in [7, 11) is 3.85. The molecule has 0 aliphatic carbocycles. The highest BCUT2D eigenvalue weighted by Gasteiger charge is 2.35. The van der Waals surface area contributed by atoms with Gasteiger partial charge in [-0.3, -0.25) is 15.8 Å². The van der Waals surface area contributed by atoms with Crippen LogP contribution in [0.2, 0.25) is 0 Å². The average Bonchev–Trinajstić information content (AvgIpc) is 2.34. The van der Waals surface area contributed by atoms with Crippen molar-refractivity contribution in [3.63, 3.8) is 0 Å². The molecule has 6 heteroatoms. The Bertz CT molecular complexity index is 488. The van der Waals surface area contributed by atoms with Gasteiger partial charge >= 0.3 is 0 Å². The quantitative estimate of drug-likeness (QED) is 0.783. The van der Waals surface area contributed by atoms with E-state index >= 15 is 0 Å². The van der Waals surface area contributed by atoms with Crippen LogP contribution in [0.5, 0.6) is 5.75 Å². The Morgan fingerprint density at radius 3 is 2.53 bits per heavy atom. The van der Waals surface area contributed by atoms with E-state index in [2.05, 4.69) is 4.99 Å². The maximum absolute atomic E-state index is 10.1. The second-order valence-corrected chi connectivity index (χ2v) is 4.88. The highest BCUT2D eigenvalue weighted by molar-refractivity contribution is 5.80. The standard InChI is InChI=1S/C13H21N5O/c1-9-15-10(2)18(16(3)4)13(17(9)14)11-7-5-6-8-12(11)19/h5-9,13,19H,14H2,1-4H3. The minimum absolute atomic E-state index is 0.138. The van der Waals surface area contributed by atoms with Gasteiger partial charge in [-0.1, -0.05) is 18.2 Å². The number of amidine groups is 1. The molecule has 0 radical (unpaired) electrons. The van der Waals surface area contributed by atoms with E-state index in [1.807, 2.05) is 50.1 Å². The van der Waals surface area contributed by atoms with Crippen LogP contribution in [-0.4, -0.2) is 46.2 Å². The molecule has 1 aromatic carbocycles. The fourth-order valence-corrected chi connectivity index (χ4v) is 2.41. The molecule has 6 nitrogen and oxygen atoms in total. The van der Waals surface area contributed by atoms with Crippen molar-refractivity contribution in [3.05, 3.63) is 29.8 Å². The van der Waals surface area contributed by atoms with Crippen LogP contribution in [0.15, 0.2) is 29.3 Å². The molecule has 1 aliphatic rings. The Labute approximate surface area is 113 Å². The van der Waals surface area contributed by atoms with Crippen molar-refractivity contribution in [3.8, 4) is 5.75 Å². The van der Waals surface area contributed by atoms with E-state index < -0.39 is 0 Å². The van der Waals surface area contributed by atoms with Crippen molar-refractivity contribution in [1.29, 1.82) is 0 Å². The minimum Gasteiger partial charge on any atom is -0.508 e. The SMILES string of the molecule is CC1=NC(C)N(N)C(c2ccccc2O)N1N(C)C. The highest BCUT2D eigenvalue weighted by Crippen LogP contribution is 2.34. The van der Waals surface area contributed by atoms with Gasteiger partial charge in [0.2, 0.25) is 0 Å². The predicted molar refractivity (Wildman–Crippen MR) is 75.0 cm³/mol. The van der Waals surface area contributed by atoms with Crippen LogP contribution in [-0.2, 0) is 0 Å². The fraction of sp³-hybridized carbons (Fsp3) is 0.462. The number of aliphatic imine (C=N–C) groups is 1. The topological polar surface area (TPSA) is 68.3 Å². The molecule has 0 saturated heterocycles. The molecule has 1 aromatic rings. The van der Waals surface area contributed by atoms with E-state index in [4.69, 9.17) is 5.84 Å². The fourth-order valence-electron chi connectivity index (χ4n) is 2.41. The molecule has 0 fully saturated rings. The lowest BCUT2D eigenvalue weighted by molar-refractivity contribution is -0.0593. The summed E-state index contributed by atoms with van der Waals surface area (Å²) in [6.45, 7) is 3.87. The first-order valence-electron chi connectivity index (χ1n) is 6.25. The van der Waals surface area contributed by atoms with Gasteiger partial charge in [0.15, 0.2) is 0 Å². The summed E-state index contributed by atoms with van der Waals surface area (Å²) in [6.07, 6.45) is -0.412. The first kappa shape index (κ1) is 13.8. The number of nitrogens with two attached hydrogens (primary N) is 1. The summed E-state index contributed by atoms with van der Waals surface area (Å²) in [4.78, 5) is 4.49. The number of para-hydroxylation sites is 1. The number of phenols is 1. The van der Waals surface area contributed by atoms with Gasteiger partial charge in [-0.15, -0.1) is 0 Å². The average molecular weight is 263 g/mol. The Kier molecular flexibility index (Phi) is 3.75. The van der Waals surface area contributed by atoms with Crippen molar-refractivity contribution in [2.24, 2.45) is 10.8 Å². The molecule has 0 saturated carbocycles. The maximum Gasteiger partial charge on any atom is 0.142 e. The lowest BCUT2D eigenvalue weighted by Gasteiger charge is -2.46. The molecule has 2 unspecified atom stereocenters. The van der Waals surface area contributed by atoms with Crippen LogP contribution >= 0.6 is 0 Å². The first-order chi connectivity index (χ1) is 8.93. The van der Waals surface area contributed by atoms with E-state index in [-0.39, 0.29) is 18.1 Å². The van der Waals surface area contributed by atoms with E-state index in [0.717, 1.165) is 11.4 Å². The second-order valence-electron chi connectivity index (χ2n) is 4.88. The zero-order chi connectivity index (χ0) is 14.2. The third kappa shape index (κ3) is 2.42. The lowest BCUT2D eigenvalue weighted by Crippen LogP contribution is -2.58. The molecule has 0 aromatic heterocycles. The Hall–Kier alpha value is -1.63. The number of hydrogen-bond donors (Lipinski definition) is 2. The van der Waals surface area contributed by atoms with Crippen molar-refractivity contribution < 1.29 is 5.11 Å².